The van der Waals surface area contributed by atoms with E-state index in [1.807, 2.05) is 0 Å². The monoisotopic (exact) mass is 292 g/mol. The highest BCUT2D eigenvalue weighted by molar-refractivity contribution is 7.87. The fourth-order valence-electron chi connectivity index (χ4n) is 1.76. The number of rotatable bonds is 3. The Balaban J connectivity index is 2.32. The number of hydrogen-bond acceptors (Lipinski definition) is 6. The van der Waals surface area contributed by atoms with Gasteiger partial charge in [0, 0.05) is 0 Å². The Bertz CT molecular complexity index is 620. The highest BCUT2D eigenvalue weighted by atomic mass is 32.2. The first-order valence-electron chi connectivity index (χ1n) is 5.11. The molecule has 0 bridgehead atoms. The van der Waals surface area contributed by atoms with Crippen molar-refractivity contribution >= 4 is 20.2 Å². The molecule has 0 aliphatic carbocycles. The van der Waals surface area contributed by atoms with Gasteiger partial charge in [0.25, 0.3) is 20.2 Å². The molecule has 1 aromatic carbocycles. The molecule has 0 amide bonds. The van der Waals surface area contributed by atoms with Crippen LogP contribution in [0.4, 0.5) is 0 Å². The zero-order valence-electron chi connectivity index (χ0n) is 9.51. The quantitative estimate of drug-likeness (QED) is 0.751. The van der Waals surface area contributed by atoms with Crippen LogP contribution in [-0.2, 0) is 28.6 Å². The van der Waals surface area contributed by atoms with Crippen LogP contribution in [0.2, 0.25) is 0 Å². The van der Waals surface area contributed by atoms with Gasteiger partial charge in [-0.3, -0.25) is 8.37 Å². The van der Waals surface area contributed by atoms with Gasteiger partial charge in [0.1, 0.15) is 18.0 Å². The van der Waals surface area contributed by atoms with E-state index < -0.39 is 38.2 Å². The molecule has 8 heteroatoms. The lowest BCUT2D eigenvalue weighted by molar-refractivity contribution is 0.108. The predicted molar refractivity (Wildman–Crippen MR) is 63.8 cm³/mol. The highest BCUT2D eigenvalue weighted by Gasteiger charge is 2.42. The normalized spacial score (nSPS) is 27.2. The molecule has 1 heterocycles. The Morgan fingerprint density at radius 3 is 2.44 bits per heavy atom. The third-order valence-corrected chi connectivity index (χ3v) is 4.22. The van der Waals surface area contributed by atoms with Crippen LogP contribution < -0.4 is 0 Å². The maximum atomic E-state index is 11.4. The first-order valence-corrected chi connectivity index (χ1v) is 8.50. The van der Waals surface area contributed by atoms with Crippen LogP contribution in [0, 0.1) is 0 Å². The first kappa shape index (κ1) is 13.5. The average Bonchev–Trinajstić information content (AvgIpc) is 2.52. The summed E-state index contributed by atoms with van der Waals surface area (Å²) < 4.78 is 54.7. The van der Waals surface area contributed by atoms with Crippen LogP contribution in [-0.4, -0.2) is 34.9 Å². The van der Waals surface area contributed by atoms with E-state index in [2.05, 4.69) is 0 Å². The summed E-state index contributed by atoms with van der Waals surface area (Å²) in [5.74, 6) is -0.473. The molecule has 2 rings (SSSR count). The Labute approximate surface area is 106 Å². The van der Waals surface area contributed by atoms with Crippen molar-refractivity contribution < 1.29 is 25.2 Å². The van der Waals surface area contributed by atoms with Gasteiger partial charge in [0.05, 0.1) is 6.26 Å². The lowest BCUT2D eigenvalue weighted by Crippen LogP contribution is -2.23. The second-order valence-corrected chi connectivity index (χ2v) is 7.23. The van der Waals surface area contributed by atoms with Gasteiger partial charge < -0.3 is 0 Å². The summed E-state index contributed by atoms with van der Waals surface area (Å²) in [6, 6.07) is 8.50. The highest BCUT2D eigenvalue weighted by Crippen LogP contribution is 2.33. The Kier molecular flexibility index (Phi) is 3.45. The van der Waals surface area contributed by atoms with E-state index in [-0.39, 0.29) is 0 Å². The summed E-state index contributed by atoms with van der Waals surface area (Å²) in [5.41, 5.74) is 0.562. The van der Waals surface area contributed by atoms with Crippen molar-refractivity contribution in [2.24, 2.45) is 0 Å². The number of hydrogen-bond donors (Lipinski definition) is 0. The maximum Gasteiger partial charge on any atom is 0.270 e. The van der Waals surface area contributed by atoms with Crippen molar-refractivity contribution in [2.45, 2.75) is 12.2 Å². The van der Waals surface area contributed by atoms with Crippen LogP contribution in [0.5, 0.6) is 0 Å². The Morgan fingerprint density at radius 2 is 1.89 bits per heavy atom. The van der Waals surface area contributed by atoms with E-state index in [1.54, 1.807) is 30.3 Å². The lowest BCUT2D eigenvalue weighted by Gasteiger charge is -2.15. The molecule has 0 N–H and O–H groups in total. The molecule has 100 valence electrons. The van der Waals surface area contributed by atoms with E-state index in [0.717, 1.165) is 6.26 Å². The molecular formula is C10H12O6S2. The van der Waals surface area contributed by atoms with Gasteiger partial charge in [-0.1, -0.05) is 30.3 Å². The summed E-state index contributed by atoms with van der Waals surface area (Å²) in [6.07, 6.45) is -1.10. The molecule has 0 spiro atoms. The lowest BCUT2D eigenvalue weighted by atomic mass is 10.1. The maximum absolute atomic E-state index is 11.4. The second-order valence-electron chi connectivity index (χ2n) is 3.99. The topological polar surface area (TPSA) is 86.7 Å². The zero-order chi connectivity index (χ0) is 13.4. The summed E-state index contributed by atoms with van der Waals surface area (Å²) >= 11 is 0. The largest absolute Gasteiger partial charge is 0.270 e. The van der Waals surface area contributed by atoms with Gasteiger partial charge in [0.2, 0.25) is 0 Å². The van der Waals surface area contributed by atoms with Crippen LogP contribution in [0.15, 0.2) is 30.3 Å². The van der Waals surface area contributed by atoms with E-state index >= 15 is 0 Å². The van der Waals surface area contributed by atoms with Crippen molar-refractivity contribution in [1.29, 1.82) is 0 Å². The molecule has 6 nitrogen and oxygen atoms in total. The molecule has 1 aromatic rings. The molecule has 18 heavy (non-hydrogen) atoms. The zero-order valence-corrected chi connectivity index (χ0v) is 11.1. The Hall–Kier alpha value is -0.960. The minimum atomic E-state index is -3.75. The van der Waals surface area contributed by atoms with E-state index in [4.69, 9.17) is 8.37 Å². The first-order chi connectivity index (χ1) is 8.27. The van der Waals surface area contributed by atoms with E-state index in [1.165, 1.54) is 0 Å². The van der Waals surface area contributed by atoms with Crippen molar-refractivity contribution in [3.63, 3.8) is 0 Å². The van der Waals surface area contributed by atoms with Gasteiger partial charge in [-0.25, -0.2) is 0 Å². The van der Waals surface area contributed by atoms with Gasteiger partial charge in [-0.15, -0.1) is 0 Å². The van der Waals surface area contributed by atoms with Crippen molar-refractivity contribution in [3.05, 3.63) is 35.9 Å². The smallest absolute Gasteiger partial charge is 0.263 e. The number of benzene rings is 1. The van der Waals surface area contributed by atoms with Gasteiger partial charge >= 0.3 is 0 Å². The van der Waals surface area contributed by atoms with E-state index in [9.17, 15) is 16.8 Å². The molecule has 1 aliphatic rings. The molecule has 0 radical (unpaired) electrons. The SMILES string of the molecule is CS(=O)(=O)OC1CS(=O)(=O)OC1c1ccccc1. The molecule has 0 saturated carbocycles. The minimum absolute atomic E-state index is 0.473. The van der Waals surface area contributed by atoms with Crippen LogP contribution in [0.25, 0.3) is 0 Å². The van der Waals surface area contributed by atoms with Gasteiger partial charge in [-0.05, 0) is 5.56 Å². The molecule has 0 aromatic heterocycles. The van der Waals surface area contributed by atoms with Gasteiger partial charge in [-0.2, -0.15) is 16.8 Å². The predicted octanol–water partition coefficient (Wildman–Crippen LogP) is 0.432. The molecule has 1 fully saturated rings. The molecule has 2 unspecified atom stereocenters. The third kappa shape index (κ3) is 3.29. The summed E-state index contributed by atoms with van der Waals surface area (Å²) in [4.78, 5) is 0. The van der Waals surface area contributed by atoms with Crippen molar-refractivity contribution in [2.75, 3.05) is 12.0 Å². The average molecular weight is 292 g/mol. The van der Waals surface area contributed by atoms with Crippen molar-refractivity contribution in [1.82, 2.24) is 0 Å². The molecular weight excluding hydrogens is 280 g/mol. The van der Waals surface area contributed by atoms with Crippen LogP contribution in [0.1, 0.15) is 11.7 Å². The Morgan fingerprint density at radius 1 is 1.28 bits per heavy atom. The van der Waals surface area contributed by atoms with E-state index in [0.29, 0.717) is 5.56 Å². The third-order valence-electron chi connectivity index (χ3n) is 2.38. The molecule has 2 atom stereocenters. The van der Waals surface area contributed by atoms with Gasteiger partial charge in [0.15, 0.2) is 0 Å². The molecule has 1 saturated heterocycles. The fraction of sp³-hybridized carbons (Fsp3) is 0.400. The second kappa shape index (κ2) is 4.61. The minimum Gasteiger partial charge on any atom is -0.263 e. The fourth-order valence-corrected chi connectivity index (χ4v) is 3.74. The summed E-state index contributed by atoms with van der Waals surface area (Å²) in [6.45, 7) is 0. The van der Waals surface area contributed by atoms with Crippen LogP contribution >= 0.6 is 0 Å². The summed E-state index contributed by atoms with van der Waals surface area (Å²) in [7, 11) is -7.50. The standard InChI is InChI=1S/C10H12O6S2/c1-17(11,12)15-9-7-18(13,14)16-10(9)8-5-3-2-4-6-8/h2-6,9-10H,7H2,1H3. The van der Waals surface area contributed by atoms with Crippen molar-refractivity contribution in [3.8, 4) is 0 Å². The summed E-state index contributed by atoms with van der Waals surface area (Å²) in [5, 5.41) is 0. The van der Waals surface area contributed by atoms with Crippen LogP contribution in [0.3, 0.4) is 0 Å². The molecule has 1 aliphatic heterocycles.